The first-order valence-electron chi connectivity index (χ1n) is 6.48. The summed E-state index contributed by atoms with van der Waals surface area (Å²) in [6.07, 6.45) is 3.98. The molecule has 2 atom stereocenters. The van der Waals surface area contributed by atoms with E-state index in [4.69, 9.17) is 4.74 Å². The maximum absolute atomic E-state index is 10.1. The van der Waals surface area contributed by atoms with Gasteiger partial charge in [-0.2, -0.15) is 0 Å². The van der Waals surface area contributed by atoms with E-state index in [1.807, 2.05) is 24.3 Å². The molecule has 0 saturated carbocycles. The smallest absolute Gasteiger partial charge is 0.118 e. The molecule has 2 unspecified atom stereocenters. The number of hydrogen-bond donors (Lipinski definition) is 1. The van der Waals surface area contributed by atoms with E-state index < -0.39 is 0 Å². The van der Waals surface area contributed by atoms with Gasteiger partial charge in [-0.3, -0.25) is 0 Å². The SMILES string of the molecule is CCCCC(C)C(O)Cc1ccc(OC)cc1. The summed E-state index contributed by atoms with van der Waals surface area (Å²) < 4.78 is 5.11. The highest BCUT2D eigenvalue weighted by Gasteiger charge is 2.14. The Labute approximate surface area is 105 Å². The summed E-state index contributed by atoms with van der Waals surface area (Å²) in [5, 5.41) is 10.1. The Morgan fingerprint density at radius 3 is 2.41 bits per heavy atom. The first kappa shape index (κ1) is 14.0. The standard InChI is InChI=1S/C15H24O2/c1-4-5-6-12(2)15(16)11-13-7-9-14(17-3)10-8-13/h7-10,12,15-16H,4-6,11H2,1-3H3. The molecule has 1 N–H and O–H groups in total. The topological polar surface area (TPSA) is 29.5 Å². The van der Waals surface area contributed by atoms with Crippen LogP contribution in [0.3, 0.4) is 0 Å². The highest BCUT2D eigenvalue weighted by Crippen LogP contribution is 2.18. The lowest BCUT2D eigenvalue weighted by Crippen LogP contribution is -2.20. The predicted molar refractivity (Wildman–Crippen MR) is 71.4 cm³/mol. The molecule has 0 fully saturated rings. The van der Waals surface area contributed by atoms with E-state index in [9.17, 15) is 5.11 Å². The summed E-state index contributed by atoms with van der Waals surface area (Å²) in [7, 11) is 1.66. The normalized spacial score (nSPS) is 14.4. The van der Waals surface area contributed by atoms with Crippen LogP contribution in [-0.2, 0) is 6.42 Å². The third kappa shape index (κ3) is 4.78. The van der Waals surface area contributed by atoms with Crippen LogP contribution in [0.25, 0.3) is 0 Å². The van der Waals surface area contributed by atoms with Crippen molar-refractivity contribution in [2.24, 2.45) is 5.92 Å². The number of ether oxygens (including phenoxy) is 1. The molecule has 0 amide bonds. The maximum Gasteiger partial charge on any atom is 0.118 e. The van der Waals surface area contributed by atoms with Crippen LogP contribution < -0.4 is 4.74 Å². The predicted octanol–water partition coefficient (Wildman–Crippen LogP) is 3.42. The van der Waals surface area contributed by atoms with Crippen LogP contribution in [0.4, 0.5) is 0 Å². The monoisotopic (exact) mass is 236 g/mol. The number of aliphatic hydroxyl groups is 1. The summed E-state index contributed by atoms with van der Waals surface area (Å²) in [5.41, 5.74) is 1.17. The number of rotatable bonds is 7. The van der Waals surface area contributed by atoms with E-state index in [0.29, 0.717) is 5.92 Å². The highest BCUT2D eigenvalue weighted by molar-refractivity contribution is 5.27. The lowest BCUT2D eigenvalue weighted by Gasteiger charge is -2.18. The summed E-state index contributed by atoms with van der Waals surface area (Å²) >= 11 is 0. The van der Waals surface area contributed by atoms with Crippen molar-refractivity contribution in [3.63, 3.8) is 0 Å². The van der Waals surface area contributed by atoms with E-state index in [0.717, 1.165) is 18.6 Å². The van der Waals surface area contributed by atoms with E-state index in [-0.39, 0.29) is 6.10 Å². The second-order valence-electron chi connectivity index (χ2n) is 4.74. The Kier molecular flexibility index (Phi) is 6.06. The molecule has 2 heteroatoms. The van der Waals surface area contributed by atoms with Crippen LogP contribution in [-0.4, -0.2) is 18.3 Å². The molecule has 0 saturated heterocycles. The Hall–Kier alpha value is -1.02. The Balaban J connectivity index is 2.46. The molecule has 1 aromatic rings. The summed E-state index contributed by atoms with van der Waals surface area (Å²) in [6.45, 7) is 4.31. The molecule has 0 aliphatic rings. The first-order valence-corrected chi connectivity index (χ1v) is 6.48. The van der Waals surface area contributed by atoms with E-state index >= 15 is 0 Å². The van der Waals surface area contributed by atoms with Crippen molar-refractivity contribution >= 4 is 0 Å². The van der Waals surface area contributed by atoms with Crippen LogP contribution in [0, 0.1) is 5.92 Å². The van der Waals surface area contributed by atoms with Gasteiger partial charge in [0.25, 0.3) is 0 Å². The van der Waals surface area contributed by atoms with Crippen molar-refractivity contribution in [2.45, 2.75) is 45.6 Å². The molecule has 0 spiro atoms. The van der Waals surface area contributed by atoms with Crippen molar-refractivity contribution in [3.8, 4) is 5.75 Å². The van der Waals surface area contributed by atoms with Crippen LogP contribution in [0.5, 0.6) is 5.75 Å². The van der Waals surface area contributed by atoms with Gasteiger partial charge in [0.2, 0.25) is 0 Å². The summed E-state index contributed by atoms with van der Waals surface area (Å²) in [4.78, 5) is 0. The number of benzene rings is 1. The maximum atomic E-state index is 10.1. The molecule has 17 heavy (non-hydrogen) atoms. The zero-order valence-corrected chi connectivity index (χ0v) is 11.1. The molecule has 0 radical (unpaired) electrons. The second kappa shape index (κ2) is 7.33. The van der Waals surface area contributed by atoms with Crippen molar-refractivity contribution in [1.29, 1.82) is 0 Å². The van der Waals surface area contributed by atoms with Gasteiger partial charge in [-0.25, -0.2) is 0 Å². The van der Waals surface area contributed by atoms with E-state index in [1.165, 1.54) is 18.4 Å². The average molecular weight is 236 g/mol. The van der Waals surface area contributed by atoms with Gasteiger partial charge in [0, 0.05) is 0 Å². The molecule has 0 heterocycles. The number of aliphatic hydroxyl groups excluding tert-OH is 1. The zero-order chi connectivity index (χ0) is 12.7. The molecule has 0 aliphatic heterocycles. The molecule has 1 aromatic carbocycles. The largest absolute Gasteiger partial charge is 0.497 e. The Morgan fingerprint density at radius 2 is 1.88 bits per heavy atom. The van der Waals surface area contributed by atoms with Gasteiger partial charge in [0.05, 0.1) is 13.2 Å². The lowest BCUT2D eigenvalue weighted by molar-refractivity contribution is 0.111. The minimum Gasteiger partial charge on any atom is -0.497 e. The third-order valence-corrected chi connectivity index (χ3v) is 3.27. The van der Waals surface area contributed by atoms with E-state index in [2.05, 4.69) is 13.8 Å². The first-order chi connectivity index (χ1) is 8.17. The summed E-state index contributed by atoms with van der Waals surface area (Å²) in [5.74, 6) is 1.24. The average Bonchev–Trinajstić information content (AvgIpc) is 2.36. The second-order valence-corrected chi connectivity index (χ2v) is 4.74. The highest BCUT2D eigenvalue weighted by atomic mass is 16.5. The van der Waals surface area contributed by atoms with Gasteiger partial charge in [0.1, 0.15) is 5.75 Å². The van der Waals surface area contributed by atoms with Crippen LogP contribution >= 0.6 is 0 Å². The van der Waals surface area contributed by atoms with Gasteiger partial charge >= 0.3 is 0 Å². The Bertz CT molecular complexity index is 305. The number of hydrogen-bond acceptors (Lipinski definition) is 2. The fraction of sp³-hybridized carbons (Fsp3) is 0.600. The fourth-order valence-electron chi connectivity index (χ4n) is 1.92. The van der Waals surface area contributed by atoms with Gasteiger partial charge in [-0.1, -0.05) is 38.8 Å². The van der Waals surface area contributed by atoms with Crippen molar-refractivity contribution in [1.82, 2.24) is 0 Å². The van der Waals surface area contributed by atoms with Crippen molar-refractivity contribution in [2.75, 3.05) is 7.11 Å². The van der Waals surface area contributed by atoms with Gasteiger partial charge in [0.15, 0.2) is 0 Å². The van der Waals surface area contributed by atoms with Crippen molar-refractivity contribution < 1.29 is 9.84 Å². The molecule has 0 aliphatic carbocycles. The molecular weight excluding hydrogens is 212 g/mol. The molecule has 1 rings (SSSR count). The van der Waals surface area contributed by atoms with Gasteiger partial charge in [-0.15, -0.1) is 0 Å². The van der Waals surface area contributed by atoms with Crippen LogP contribution in [0.1, 0.15) is 38.7 Å². The fourth-order valence-corrected chi connectivity index (χ4v) is 1.92. The van der Waals surface area contributed by atoms with Crippen LogP contribution in [0.15, 0.2) is 24.3 Å². The Morgan fingerprint density at radius 1 is 1.24 bits per heavy atom. The minimum absolute atomic E-state index is 0.241. The quantitative estimate of drug-likeness (QED) is 0.786. The van der Waals surface area contributed by atoms with Gasteiger partial charge < -0.3 is 9.84 Å². The number of unbranched alkanes of at least 4 members (excludes halogenated alkanes) is 1. The zero-order valence-electron chi connectivity index (χ0n) is 11.1. The summed E-state index contributed by atoms with van der Waals surface area (Å²) in [6, 6.07) is 7.93. The molecule has 0 aromatic heterocycles. The minimum atomic E-state index is -0.241. The number of methoxy groups -OCH3 is 1. The van der Waals surface area contributed by atoms with Crippen LogP contribution in [0.2, 0.25) is 0 Å². The molecular formula is C15H24O2. The molecule has 96 valence electrons. The van der Waals surface area contributed by atoms with Crippen molar-refractivity contribution in [3.05, 3.63) is 29.8 Å². The third-order valence-electron chi connectivity index (χ3n) is 3.27. The molecule has 2 nitrogen and oxygen atoms in total. The van der Waals surface area contributed by atoms with E-state index in [1.54, 1.807) is 7.11 Å². The molecule has 0 bridgehead atoms. The lowest BCUT2D eigenvalue weighted by atomic mass is 9.93. The van der Waals surface area contributed by atoms with Gasteiger partial charge in [-0.05, 0) is 36.5 Å².